The lowest BCUT2D eigenvalue weighted by molar-refractivity contribution is -0.0431. The highest BCUT2D eigenvalue weighted by Crippen LogP contribution is 2.59. The van der Waals surface area contributed by atoms with Crippen LogP contribution in [0.2, 0.25) is 0 Å². The van der Waals surface area contributed by atoms with Crippen LogP contribution in [0, 0.1) is 0 Å². The molecule has 280 valence electrons. The molecule has 1 saturated heterocycles. The molecular formula is C45H47NO8. The van der Waals surface area contributed by atoms with Crippen molar-refractivity contribution in [3.05, 3.63) is 125 Å². The number of aliphatic hydroxyl groups excluding tert-OH is 1. The zero-order valence-corrected chi connectivity index (χ0v) is 31.1. The van der Waals surface area contributed by atoms with E-state index in [1.54, 1.807) is 14.2 Å². The quantitative estimate of drug-likeness (QED) is 0.118. The van der Waals surface area contributed by atoms with Gasteiger partial charge in [-0.3, -0.25) is 0 Å². The lowest BCUT2D eigenvalue weighted by Gasteiger charge is -2.39. The first-order chi connectivity index (χ1) is 26.5. The van der Waals surface area contributed by atoms with Gasteiger partial charge < -0.3 is 43.2 Å². The number of hydrogen-bond acceptors (Lipinski definition) is 9. The molecule has 0 saturated carbocycles. The Hall–Kier alpha value is -4.90. The van der Waals surface area contributed by atoms with Gasteiger partial charge in [-0.05, 0) is 59.3 Å². The average molecular weight is 730 g/mol. The van der Waals surface area contributed by atoms with Crippen LogP contribution in [0.15, 0.2) is 97.1 Å². The Labute approximate surface area is 316 Å². The Morgan fingerprint density at radius 2 is 1.46 bits per heavy atom. The normalized spacial score (nSPS) is 20.0. The number of morpholine rings is 1. The van der Waals surface area contributed by atoms with Crippen molar-refractivity contribution in [2.45, 2.75) is 18.1 Å². The molecule has 1 fully saturated rings. The minimum absolute atomic E-state index is 0.00919. The van der Waals surface area contributed by atoms with Crippen molar-refractivity contribution in [2.75, 3.05) is 85.1 Å². The molecule has 5 aromatic carbocycles. The van der Waals surface area contributed by atoms with Gasteiger partial charge in [0.25, 0.3) is 0 Å². The third-order valence-corrected chi connectivity index (χ3v) is 10.8. The van der Waals surface area contributed by atoms with E-state index < -0.39 is 11.2 Å². The fourth-order valence-electron chi connectivity index (χ4n) is 8.24. The first kappa shape index (κ1) is 36.1. The van der Waals surface area contributed by atoms with Crippen LogP contribution in [0.3, 0.4) is 0 Å². The maximum Gasteiger partial charge on any atom is 0.178 e. The van der Waals surface area contributed by atoms with Crippen molar-refractivity contribution in [1.82, 2.24) is 0 Å². The van der Waals surface area contributed by atoms with Crippen LogP contribution in [0.25, 0.3) is 28.0 Å². The molecular weight excluding hydrogens is 682 g/mol. The zero-order valence-electron chi connectivity index (χ0n) is 31.1. The van der Waals surface area contributed by atoms with Crippen molar-refractivity contribution < 1.29 is 38.3 Å². The summed E-state index contributed by atoms with van der Waals surface area (Å²) in [4.78, 5) is 2.35. The molecule has 5 aromatic rings. The first-order valence-corrected chi connectivity index (χ1v) is 18.7. The van der Waals surface area contributed by atoms with Crippen LogP contribution in [0.4, 0.5) is 5.69 Å². The maximum absolute atomic E-state index is 9.02. The Balaban J connectivity index is 1.33. The van der Waals surface area contributed by atoms with Crippen LogP contribution >= 0.6 is 0 Å². The molecule has 8 rings (SSSR count). The van der Waals surface area contributed by atoms with Gasteiger partial charge in [-0.25, -0.2) is 0 Å². The summed E-state index contributed by atoms with van der Waals surface area (Å²) in [6, 6.07) is 31.4. The number of rotatable bonds is 14. The number of fused-ring (bicyclic) bond motifs is 8. The second-order valence-electron chi connectivity index (χ2n) is 13.8. The third kappa shape index (κ3) is 6.29. The molecule has 1 N–H and O–H groups in total. The Morgan fingerprint density at radius 1 is 0.759 bits per heavy atom. The van der Waals surface area contributed by atoms with E-state index in [1.807, 2.05) is 30.3 Å². The number of methoxy groups -OCH3 is 2. The molecule has 3 aliphatic rings. The molecule has 1 aliphatic carbocycles. The monoisotopic (exact) mass is 729 g/mol. The summed E-state index contributed by atoms with van der Waals surface area (Å²) in [6.07, 6.45) is 4.40. The highest BCUT2D eigenvalue weighted by Gasteiger charge is 2.47. The SMILES string of the molecule is COc1ccc(C2(c3ccccc3)C=Cc3c4c(c5cc(N6CCOCC6)c(OC)cc5c3O2)-c2ccccc2C4(C)OCCOCCOCCO)cc1. The summed E-state index contributed by atoms with van der Waals surface area (Å²) in [6.45, 7) is 6.89. The molecule has 0 bridgehead atoms. The van der Waals surface area contributed by atoms with Gasteiger partial charge in [-0.2, -0.15) is 0 Å². The number of benzene rings is 5. The smallest absolute Gasteiger partial charge is 0.178 e. The molecule has 2 heterocycles. The summed E-state index contributed by atoms with van der Waals surface area (Å²) in [5.74, 6) is 2.32. The number of hydrogen-bond donors (Lipinski definition) is 1. The molecule has 9 heteroatoms. The minimum atomic E-state index is -0.938. The minimum Gasteiger partial charge on any atom is -0.497 e. The average Bonchev–Trinajstić information content (AvgIpc) is 3.50. The van der Waals surface area contributed by atoms with E-state index in [0.29, 0.717) is 46.2 Å². The fraction of sp³-hybridized carbons (Fsp3) is 0.333. The van der Waals surface area contributed by atoms with Gasteiger partial charge in [-0.1, -0.05) is 72.8 Å². The van der Waals surface area contributed by atoms with Crippen LogP contribution in [-0.2, 0) is 30.1 Å². The summed E-state index contributed by atoms with van der Waals surface area (Å²) in [7, 11) is 3.41. The fourth-order valence-corrected chi connectivity index (χ4v) is 8.24. The number of ether oxygens (including phenoxy) is 7. The van der Waals surface area contributed by atoms with Crippen LogP contribution < -0.4 is 19.1 Å². The molecule has 54 heavy (non-hydrogen) atoms. The van der Waals surface area contributed by atoms with Gasteiger partial charge in [-0.15, -0.1) is 0 Å². The molecule has 0 amide bonds. The van der Waals surface area contributed by atoms with E-state index in [0.717, 1.165) is 85.7 Å². The number of aliphatic hydroxyl groups is 1. The number of nitrogens with zero attached hydrogens (tertiary/aromatic N) is 1. The largest absolute Gasteiger partial charge is 0.497 e. The van der Waals surface area contributed by atoms with Crippen LogP contribution in [0.5, 0.6) is 17.2 Å². The van der Waals surface area contributed by atoms with Gasteiger partial charge in [0.1, 0.15) is 22.8 Å². The van der Waals surface area contributed by atoms with Gasteiger partial charge >= 0.3 is 0 Å². The highest BCUT2D eigenvalue weighted by molar-refractivity contribution is 6.10. The molecule has 2 atom stereocenters. The Bertz CT molecular complexity index is 2130. The standard InChI is InChI=1S/C45H47NO8/c1-44(53-28-27-52-26-25-51-24-21-47)38-12-8-7-11-34(38)41-36-29-39(46-19-22-50-23-20-46)40(49-3)30-37(36)43-35(42(41)44)17-18-45(54-43,31-9-5-4-6-10-31)32-13-15-33(48-2)16-14-32/h4-18,29-30,47H,19-28H2,1-3H3. The first-order valence-electron chi connectivity index (χ1n) is 18.7. The van der Waals surface area contributed by atoms with Crippen molar-refractivity contribution in [1.29, 1.82) is 0 Å². The van der Waals surface area contributed by atoms with E-state index >= 15 is 0 Å². The second kappa shape index (κ2) is 15.5. The van der Waals surface area contributed by atoms with Crippen molar-refractivity contribution in [2.24, 2.45) is 0 Å². The molecule has 2 aliphatic heterocycles. The zero-order chi connectivity index (χ0) is 37.1. The van der Waals surface area contributed by atoms with Crippen molar-refractivity contribution in [3.63, 3.8) is 0 Å². The topological polar surface area (TPSA) is 88.1 Å². The van der Waals surface area contributed by atoms with E-state index in [2.05, 4.69) is 84.6 Å². The Kier molecular flexibility index (Phi) is 10.3. The third-order valence-electron chi connectivity index (χ3n) is 10.8. The molecule has 0 spiro atoms. The van der Waals surface area contributed by atoms with Crippen molar-refractivity contribution in [3.8, 4) is 28.4 Å². The molecule has 0 radical (unpaired) electrons. The number of anilines is 1. The van der Waals surface area contributed by atoms with E-state index in [4.69, 9.17) is 38.3 Å². The van der Waals surface area contributed by atoms with Crippen LogP contribution in [-0.4, -0.2) is 85.3 Å². The van der Waals surface area contributed by atoms with Gasteiger partial charge in [0.05, 0.1) is 72.8 Å². The van der Waals surface area contributed by atoms with Crippen molar-refractivity contribution >= 4 is 22.5 Å². The summed E-state index contributed by atoms with van der Waals surface area (Å²) in [5, 5.41) is 11.0. The van der Waals surface area contributed by atoms with Gasteiger partial charge in [0.2, 0.25) is 0 Å². The summed E-state index contributed by atoms with van der Waals surface area (Å²) >= 11 is 0. The van der Waals surface area contributed by atoms with E-state index in [1.165, 1.54) is 0 Å². The molecule has 0 aromatic heterocycles. The summed E-state index contributed by atoms with van der Waals surface area (Å²) in [5.41, 5.74) is 6.62. The highest BCUT2D eigenvalue weighted by atomic mass is 16.6. The van der Waals surface area contributed by atoms with E-state index in [-0.39, 0.29) is 6.61 Å². The molecule has 9 nitrogen and oxygen atoms in total. The summed E-state index contributed by atoms with van der Waals surface area (Å²) < 4.78 is 43.2. The molecule has 2 unspecified atom stereocenters. The van der Waals surface area contributed by atoms with E-state index in [9.17, 15) is 0 Å². The Morgan fingerprint density at radius 3 is 2.20 bits per heavy atom. The maximum atomic E-state index is 9.02. The second-order valence-corrected chi connectivity index (χ2v) is 13.8. The van der Waals surface area contributed by atoms with Gasteiger partial charge in [0, 0.05) is 40.7 Å². The predicted octanol–water partition coefficient (Wildman–Crippen LogP) is 7.33. The van der Waals surface area contributed by atoms with Gasteiger partial charge in [0.15, 0.2) is 5.60 Å². The lowest BCUT2D eigenvalue weighted by atomic mass is 9.80. The lowest BCUT2D eigenvalue weighted by Crippen LogP contribution is -2.36. The predicted molar refractivity (Wildman–Crippen MR) is 210 cm³/mol. The van der Waals surface area contributed by atoms with Crippen LogP contribution in [0.1, 0.15) is 34.7 Å².